The minimum atomic E-state index is -0.340. The molecule has 6 nitrogen and oxygen atoms in total. The standard InChI is InChI=1S/C20H22FN5OS/c1-2-9-25(15-7-8-22-11-15)20(27)17-13-28-19(24-17)14-10-23-26(12-14)18-6-4-3-5-16(18)21/h3-6,10,12-13,15,22H,2,7-9,11H2,1H3/t15-/m1/s1. The predicted octanol–water partition coefficient (Wildman–Crippen LogP) is 3.35. The number of carbonyl (C=O) groups is 1. The van der Waals surface area contributed by atoms with Crippen molar-refractivity contribution in [3.05, 3.63) is 53.6 Å². The third-order valence-electron chi connectivity index (χ3n) is 4.85. The first-order valence-electron chi connectivity index (χ1n) is 9.44. The molecule has 1 aliphatic rings. The Kier molecular flexibility index (Phi) is 5.50. The van der Waals surface area contributed by atoms with Gasteiger partial charge in [-0.1, -0.05) is 19.1 Å². The lowest BCUT2D eigenvalue weighted by atomic mass is 10.2. The van der Waals surface area contributed by atoms with Crippen molar-refractivity contribution >= 4 is 17.2 Å². The molecule has 146 valence electrons. The van der Waals surface area contributed by atoms with Crippen molar-refractivity contribution in [2.45, 2.75) is 25.8 Å². The van der Waals surface area contributed by atoms with Gasteiger partial charge in [-0.3, -0.25) is 4.79 Å². The number of benzene rings is 1. The van der Waals surface area contributed by atoms with Crippen molar-refractivity contribution in [2.24, 2.45) is 0 Å². The van der Waals surface area contributed by atoms with E-state index < -0.39 is 0 Å². The molecule has 0 spiro atoms. The zero-order valence-corrected chi connectivity index (χ0v) is 16.5. The second-order valence-electron chi connectivity index (χ2n) is 6.81. The number of nitrogens with zero attached hydrogens (tertiary/aromatic N) is 4. The van der Waals surface area contributed by atoms with E-state index in [1.807, 2.05) is 4.90 Å². The summed E-state index contributed by atoms with van der Waals surface area (Å²) in [5, 5.41) is 10.1. The van der Waals surface area contributed by atoms with Crippen LogP contribution in [-0.2, 0) is 0 Å². The lowest BCUT2D eigenvalue weighted by Gasteiger charge is -2.27. The van der Waals surface area contributed by atoms with Gasteiger partial charge in [0.15, 0.2) is 0 Å². The van der Waals surface area contributed by atoms with Crippen LogP contribution in [0.15, 0.2) is 42.0 Å². The normalized spacial score (nSPS) is 16.4. The number of nitrogens with one attached hydrogen (secondary N) is 1. The average molecular weight is 399 g/mol. The summed E-state index contributed by atoms with van der Waals surface area (Å²) in [7, 11) is 0. The van der Waals surface area contributed by atoms with Crippen molar-refractivity contribution in [1.29, 1.82) is 0 Å². The highest BCUT2D eigenvalue weighted by molar-refractivity contribution is 7.13. The van der Waals surface area contributed by atoms with E-state index in [-0.39, 0.29) is 17.8 Å². The number of hydrogen-bond acceptors (Lipinski definition) is 5. The van der Waals surface area contributed by atoms with Gasteiger partial charge in [-0.05, 0) is 31.5 Å². The zero-order chi connectivity index (χ0) is 19.5. The summed E-state index contributed by atoms with van der Waals surface area (Å²) in [5.74, 6) is -0.368. The molecule has 0 bridgehead atoms. The fourth-order valence-electron chi connectivity index (χ4n) is 3.45. The maximum Gasteiger partial charge on any atom is 0.273 e. The molecule has 1 N–H and O–H groups in total. The van der Waals surface area contributed by atoms with Gasteiger partial charge in [0.2, 0.25) is 0 Å². The van der Waals surface area contributed by atoms with E-state index in [0.29, 0.717) is 16.4 Å². The lowest BCUT2D eigenvalue weighted by molar-refractivity contribution is 0.0687. The Morgan fingerprint density at radius 1 is 1.43 bits per heavy atom. The molecule has 4 rings (SSSR count). The third kappa shape index (κ3) is 3.70. The van der Waals surface area contributed by atoms with Gasteiger partial charge < -0.3 is 10.2 Å². The van der Waals surface area contributed by atoms with Crippen LogP contribution in [0.3, 0.4) is 0 Å². The molecule has 0 aliphatic carbocycles. The molecule has 1 aliphatic heterocycles. The van der Waals surface area contributed by atoms with Crippen LogP contribution < -0.4 is 5.32 Å². The highest BCUT2D eigenvalue weighted by atomic mass is 32.1. The first-order chi connectivity index (χ1) is 13.7. The van der Waals surface area contributed by atoms with Crippen LogP contribution >= 0.6 is 11.3 Å². The molecule has 28 heavy (non-hydrogen) atoms. The number of rotatable bonds is 6. The molecule has 2 aromatic heterocycles. The van der Waals surface area contributed by atoms with E-state index in [1.165, 1.54) is 22.1 Å². The lowest BCUT2D eigenvalue weighted by Crippen LogP contribution is -2.42. The Bertz CT molecular complexity index is 963. The topological polar surface area (TPSA) is 63.1 Å². The maximum absolute atomic E-state index is 14.0. The Hall–Kier alpha value is -2.58. The van der Waals surface area contributed by atoms with E-state index >= 15 is 0 Å². The van der Waals surface area contributed by atoms with Gasteiger partial charge >= 0.3 is 0 Å². The number of halogens is 1. The molecular weight excluding hydrogens is 377 g/mol. The zero-order valence-electron chi connectivity index (χ0n) is 15.6. The molecule has 1 fully saturated rings. The van der Waals surface area contributed by atoms with Crippen LogP contribution in [0.25, 0.3) is 16.3 Å². The van der Waals surface area contributed by atoms with Crippen molar-refractivity contribution in [3.8, 4) is 16.3 Å². The molecule has 1 aromatic carbocycles. The van der Waals surface area contributed by atoms with Crippen molar-refractivity contribution in [3.63, 3.8) is 0 Å². The predicted molar refractivity (Wildman–Crippen MR) is 107 cm³/mol. The van der Waals surface area contributed by atoms with Crippen molar-refractivity contribution < 1.29 is 9.18 Å². The molecule has 1 amide bonds. The number of hydrogen-bond donors (Lipinski definition) is 1. The Labute approximate surface area is 167 Å². The molecule has 3 heterocycles. The molecule has 3 aromatic rings. The van der Waals surface area contributed by atoms with Crippen LogP contribution in [0, 0.1) is 5.82 Å². The fraction of sp³-hybridized carbons (Fsp3) is 0.350. The summed E-state index contributed by atoms with van der Waals surface area (Å²) in [6, 6.07) is 6.70. The minimum Gasteiger partial charge on any atom is -0.333 e. The third-order valence-corrected chi connectivity index (χ3v) is 5.74. The maximum atomic E-state index is 14.0. The Balaban J connectivity index is 1.56. The van der Waals surface area contributed by atoms with Crippen LogP contribution in [0.2, 0.25) is 0 Å². The van der Waals surface area contributed by atoms with Gasteiger partial charge in [-0.15, -0.1) is 11.3 Å². The Morgan fingerprint density at radius 3 is 3.04 bits per heavy atom. The van der Waals surface area contributed by atoms with Gasteiger partial charge in [-0.25, -0.2) is 14.1 Å². The monoisotopic (exact) mass is 399 g/mol. The molecule has 1 saturated heterocycles. The molecular formula is C20H22FN5OS. The second-order valence-corrected chi connectivity index (χ2v) is 7.67. The van der Waals surface area contributed by atoms with Crippen molar-refractivity contribution in [2.75, 3.05) is 19.6 Å². The summed E-state index contributed by atoms with van der Waals surface area (Å²) >= 11 is 1.40. The van der Waals surface area contributed by atoms with Gasteiger partial charge in [0.05, 0.1) is 6.20 Å². The van der Waals surface area contributed by atoms with Gasteiger partial charge in [0.25, 0.3) is 5.91 Å². The highest BCUT2D eigenvalue weighted by Gasteiger charge is 2.28. The van der Waals surface area contributed by atoms with Crippen molar-refractivity contribution in [1.82, 2.24) is 25.0 Å². The first kappa shape index (κ1) is 18.8. The molecule has 0 radical (unpaired) electrons. The largest absolute Gasteiger partial charge is 0.333 e. The second kappa shape index (κ2) is 8.20. The smallest absolute Gasteiger partial charge is 0.273 e. The molecule has 8 heteroatoms. The summed E-state index contributed by atoms with van der Waals surface area (Å²) in [4.78, 5) is 19.5. The van der Waals surface area contributed by atoms with Crippen LogP contribution in [0.1, 0.15) is 30.3 Å². The first-order valence-corrected chi connectivity index (χ1v) is 10.3. The number of aromatic nitrogens is 3. The van der Waals surface area contributed by atoms with Gasteiger partial charge in [-0.2, -0.15) is 5.10 Å². The Morgan fingerprint density at radius 2 is 2.29 bits per heavy atom. The number of para-hydroxylation sites is 1. The fourth-order valence-corrected chi connectivity index (χ4v) is 4.22. The van der Waals surface area contributed by atoms with Crippen LogP contribution in [0.4, 0.5) is 4.39 Å². The highest BCUT2D eigenvalue weighted by Crippen LogP contribution is 2.26. The van der Waals surface area contributed by atoms with E-state index in [1.54, 1.807) is 36.0 Å². The summed E-state index contributed by atoms with van der Waals surface area (Å²) in [5.41, 5.74) is 1.60. The molecule has 1 atom stereocenters. The SMILES string of the molecule is CCCN(C(=O)c1csc(-c2cnn(-c3ccccc3F)c2)n1)[C@@H]1CCNC1. The van der Waals surface area contributed by atoms with Crippen LogP contribution in [0.5, 0.6) is 0 Å². The van der Waals surface area contributed by atoms with E-state index in [2.05, 4.69) is 22.3 Å². The molecule has 0 saturated carbocycles. The summed E-state index contributed by atoms with van der Waals surface area (Å²) < 4.78 is 15.5. The average Bonchev–Trinajstić information content (AvgIpc) is 3.47. The number of thiazole rings is 1. The molecule has 0 unspecified atom stereocenters. The van der Waals surface area contributed by atoms with Gasteiger partial charge in [0, 0.05) is 36.3 Å². The number of carbonyl (C=O) groups excluding carboxylic acids is 1. The minimum absolute atomic E-state index is 0.0282. The summed E-state index contributed by atoms with van der Waals surface area (Å²) in [6.07, 6.45) is 5.26. The van der Waals surface area contributed by atoms with E-state index in [4.69, 9.17) is 0 Å². The van der Waals surface area contributed by atoms with Gasteiger partial charge in [0.1, 0.15) is 22.2 Å². The van der Waals surface area contributed by atoms with E-state index in [0.717, 1.165) is 38.0 Å². The van der Waals surface area contributed by atoms with E-state index in [9.17, 15) is 9.18 Å². The van der Waals surface area contributed by atoms with Crippen LogP contribution in [-0.4, -0.2) is 51.2 Å². The summed E-state index contributed by atoms with van der Waals surface area (Å²) in [6.45, 7) is 4.57. The quantitative estimate of drug-likeness (QED) is 0.691. The number of amides is 1.